The first kappa shape index (κ1) is 44.6. The average Bonchev–Trinajstić information content (AvgIpc) is 3.03. The Morgan fingerprint density at radius 1 is 0.587 bits per heavy atom. The molecule has 0 aliphatic carbocycles. The number of esters is 2. The summed E-state index contributed by atoms with van der Waals surface area (Å²) in [5, 5.41) is 2.85. The van der Waals surface area contributed by atoms with E-state index in [-0.39, 0.29) is 24.5 Å². The van der Waals surface area contributed by atoms with Crippen LogP contribution in [0.1, 0.15) is 155 Å². The van der Waals surface area contributed by atoms with Crippen LogP contribution < -0.4 is 11.1 Å². The molecule has 9 nitrogen and oxygen atoms in total. The van der Waals surface area contributed by atoms with Gasteiger partial charge in [0.25, 0.3) is 0 Å². The monoisotopic (exact) mass is 674 g/mol. The summed E-state index contributed by atoms with van der Waals surface area (Å²) >= 11 is 1.69. The van der Waals surface area contributed by atoms with Crippen molar-refractivity contribution in [3.8, 4) is 0 Å². The number of hydrogen-bond donors (Lipinski definition) is 2. The first-order valence-electron chi connectivity index (χ1n) is 18.6. The molecule has 272 valence electrons. The van der Waals surface area contributed by atoms with E-state index >= 15 is 0 Å². The number of unbranched alkanes of at least 4 members (excludes halogenated alkanes) is 16. The molecule has 0 heterocycles. The number of carbonyl (C=O) groups is 3. The summed E-state index contributed by atoms with van der Waals surface area (Å²) in [5.74, 6) is 1.23. The van der Waals surface area contributed by atoms with Gasteiger partial charge in [-0.3, -0.25) is 20.1 Å². The number of carbonyl (C=O) groups excluding carboxylic acids is 3. The molecular weight excluding hydrogens is 604 g/mol. The van der Waals surface area contributed by atoms with Crippen molar-refractivity contribution in [2.75, 3.05) is 51.1 Å². The van der Waals surface area contributed by atoms with Crippen LogP contribution in [-0.4, -0.2) is 75.2 Å². The predicted molar refractivity (Wildman–Crippen MR) is 190 cm³/mol. The van der Waals surface area contributed by atoms with Gasteiger partial charge in [-0.15, -0.1) is 0 Å². The normalized spacial score (nSPS) is 11.8. The highest BCUT2D eigenvalue weighted by molar-refractivity contribution is 7.99. The standard InChI is InChI=1S/C36H70N2O7S/c1-3-5-7-9-11-13-15-17-19-22-35(40)44-26-21-30-46-31-24-34(39)38-25-27-42-28-29-43-32-33(37)45-36(41)23-20-18-16-14-12-10-8-6-4-2/h33H,3-32,37H2,1-2H3,(H,38,39). The maximum Gasteiger partial charge on any atom is 0.307 e. The van der Waals surface area contributed by atoms with Crippen molar-refractivity contribution in [3.05, 3.63) is 0 Å². The molecule has 1 atom stereocenters. The van der Waals surface area contributed by atoms with Gasteiger partial charge >= 0.3 is 11.9 Å². The minimum Gasteiger partial charge on any atom is -0.466 e. The molecule has 0 rings (SSSR count). The Labute approximate surface area is 285 Å². The Hall–Kier alpha value is -1.36. The molecule has 1 amide bonds. The molecule has 3 N–H and O–H groups in total. The summed E-state index contributed by atoms with van der Waals surface area (Å²) in [7, 11) is 0. The van der Waals surface area contributed by atoms with Gasteiger partial charge in [0.15, 0.2) is 6.23 Å². The fourth-order valence-corrected chi connectivity index (χ4v) is 5.73. The lowest BCUT2D eigenvalue weighted by Gasteiger charge is -2.13. The van der Waals surface area contributed by atoms with Crippen molar-refractivity contribution in [3.63, 3.8) is 0 Å². The minimum absolute atomic E-state index is 0.00469. The molecule has 46 heavy (non-hydrogen) atoms. The van der Waals surface area contributed by atoms with Crippen LogP contribution in [0.25, 0.3) is 0 Å². The highest BCUT2D eigenvalue weighted by atomic mass is 32.2. The number of hydrogen-bond acceptors (Lipinski definition) is 9. The third-order valence-corrected chi connectivity index (χ3v) is 8.71. The molecule has 1 unspecified atom stereocenters. The lowest BCUT2D eigenvalue weighted by molar-refractivity contribution is -0.152. The van der Waals surface area contributed by atoms with Crippen molar-refractivity contribution in [2.24, 2.45) is 5.73 Å². The van der Waals surface area contributed by atoms with E-state index in [0.29, 0.717) is 52.2 Å². The number of nitrogens with two attached hydrogens (primary N) is 1. The summed E-state index contributed by atoms with van der Waals surface area (Å²) in [6.45, 7) is 6.58. The van der Waals surface area contributed by atoms with Crippen LogP contribution in [0, 0.1) is 0 Å². The van der Waals surface area contributed by atoms with Crippen LogP contribution in [0.3, 0.4) is 0 Å². The van der Waals surface area contributed by atoms with E-state index in [0.717, 1.165) is 50.0 Å². The van der Waals surface area contributed by atoms with Gasteiger partial charge < -0.3 is 24.3 Å². The van der Waals surface area contributed by atoms with Crippen molar-refractivity contribution in [2.45, 2.75) is 161 Å². The van der Waals surface area contributed by atoms with Gasteiger partial charge in [0, 0.05) is 31.6 Å². The zero-order valence-corrected chi connectivity index (χ0v) is 30.5. The van der Waals surface area contributed by atoms with E-state index < -0.39 is 6.23 Å². The average molecular weight is 675 g/mol. The molecule has 0 saturated carbocycles. The van der Waals surface area contributed by atoms with E-state index in [4.69, 9.17) is 24.7 Å². The number of amides is 1. The highest BCUT2D eigenvalue weighted by Gasteiger charge is 2.10. The second-order valence-electron chi connectivity index (χ2n) is 12.2. The highest BCUT2D eigenvalue weighted by Crippen LogP contribution is 2.12. The number of rotatable bonds is 36. The van der Waals surface area contributed by atoms with E-state index in [9.17, 15) is 14.4 Å². The van der Waals surface area contributed by atoms with Gasteiger partial charge in [-0.2, -0.15) is 11.8 Å². The third-order valence-electron chi connectivity index (χ3n) is 7.64. The van der Waals surface area contributed by atoms with E-state index in [1.165, 1.54) is 83.5 Å². The van der Waals surface area contributed by atoms with E-state index in [1.54, 1.807) is 11.8 Å². The fraction of sp³-hybridized carbons (Fsp3) is 0.917. The van der Waals surface area contributed by atoms with Gasteiger partial charge in [0.05, 0.1) is 33.0 Å². The largest absolute Gasteiger partial charge is 0.466 e. The molecule has 0 aromatic rings. The number of thioether (sulfide) groups is 1. The second kappa shape index (κ2) is 36.5. The Morgan fingerprint density at radius 2 is 1.11 bits per heavy atom. The summed E-state index contributed by atoms with van der Waals surface area (Å²) < 4.78 is 21.4. The minimum atomic E-state index is -0.771. The fourth-order valence-electron chi connectivity index (χ4n) is 4.88. The van der Waals surface area contributed by atoms with Crippen LogP contribution in [0.4, 0.5) is 0 Å². The molecule has 0 spiro atoms. The smallest absolute Gasteiger partial charge is 0.307 e. The van der Waals surface area contributed by atoms with Crippen LogP contribution in [-0.2, 0) is 33.3 Å². The predicted octanol–water partition coefficient (Wildman–Crippen LogP) is 7.86. The SMILES string of the molecule is CCCCCCCCCCCC(=O)OCCCSCCC(=O)NCCOCCOCC(N)OC(=O)CCCCCCCCCCC. The molecule has 0 aliphatic heterocycles. The molecule has 0 aromatic carbocycles. The van der Waals surface area contributed by atoms with Gasteiger partial charge in [0.2, 0.25) is 5.91 Å². The zero-order chi connectivity index (χ0) is 33.8. The van der Waals surface area contributed by atoms with Crippen LogP contribution in [0.2, 0.25) is 0 Å². The van der Waals surface area contributed by atoms with E-state index in [2.05, 4.69) is 19.2 Å². The van der Waals surface area contributed by atoms with Crippen molar-refractivity contribution < 1.29 is 33.3 Å². The number of ether oxygens (including phenoxy) is 4. The lowest BCUT2D eigenvalue weighted by Crippen LogP contribution is -2.32. The number of nitrogens with one attached hydrogen (secondary N) is 1. The van der Waals surface area contributed by atoms with Crippen molar-refractivity contribution >= 4 is 29.6 Å². The Balaban J connectivity index is 3.40. The second-order valence-corrected chi connectivity index (χ2v) is 13.4. The van der Waals surface area contributed by atoms with Crippen LogP contribution in [0.5, 0.6) is 0 Å². The van der Waals surface area contributed by atoms with Gasteiger partial charge in [-0.05, 0) is 25.0 Å². The Kier molecular flexibility index (Phi) is 35.4. The van der Waals surface area contributed by atoms with E-state index in [1.807, 2.05) is 0 Å². The summed E-state index contributed by atoms with van der Waals surface area (Å²) in [6, 6.07) is 0. The van der Waals surface area contributed by atoms with Gasteiger partial charge in [-0.1, -0.05) is 117 Å². The molecule has 0 saturated heterocycles. The summed E-state index contributed by atoms with van der Waals surface area (Å²) in [6.07, 6.45) is 23.3. The molecule has 0 aliphatic rings. The molecular formula is C36H70N2O7S. The molecule has 0 bridgehead atoms. The zero-order valence-electron chi connectivity index (χ0n) is 29.6. The molecule has 0 fully saturated rings. The topological polar surface area (TPSA) is 126 Å². The molecule has 0 radical (unpaired) electrons. The lowest BCUT2D eigenvalue weighted by atomic mass is 10.1. The maximum absolute atomic E-state index is 12.0. The van der Waals surface area contributed by atoms with Crippen molar-refractivity contribution in [1.82, 2.24) is 5.32 Å². The van der Waals surface area contributed by atoms with Gasteiger partial charge in [0.1, 0.15) is 0 Å². The third kappa shape index (κ3) is 35.5. The first-order chi connectivity index (χ1) is 22.5. The maximum atomic E-state index is 12.0. The summed E-state index contributed by atoms with van der Waals surface area (Å²) in [4.78, 5) is 35.7. The Morgan fingerprint density at radius 3 is 1.70 bits per heavy atom. The van der Waals surface area contributed by atoms with Crippen LogP contribution in [0.15, 0.2) is 0 Å². The first-order valence-corrected chi connectivity index (χ1v) is 19.8. The van der Waals surface area contributed by atoms with Gasteiger partial charge in [-0.25, -0.2) is 0 Å². The van der Waals surface area contributed by atoms with Crippen LogP contribution >= 0.6 is 11.8 Å². The quantitative estimate of drug-likeness (QED) is 0.0388. The molecule has 0 aromatic heterocycles. The summed E-state index contributed by atoms with van der Waals surface area (Å²) in [5.41, 5.74) is 5.83. The Bertz CT molecular complexity index is 699. The van der Waals surface area contributed by atoms with Crippen molar-refractivity contribution in [1.29, 1.82) is 0 Å². The molecule has 10 heteroatoms.